The van der Waals surface area contributed by atoms with Gasteiger partial charge in [0.2, 0.25) is 0 Å². The second-order valence-electron chi connectivity index (χ2n) is 7.53. The summed E-state index contributed by atoms with van der Waals surface area (Å²) >= 11 is 0. The molecule has 3 nitrogen and oxygen atoms in total. The Bertz CT molecular complexity index is 820. The maximum Gasteiger partial charge on any atom is 0.137 e. The smallest absolute Gasteiger partial charge is 0.137 e. The molecule has 2 aromatic carbocycles. The SMILES string of the molecule is CC(C)(C)c1nc(NCCCCc2ccccc2)c2ccccc2n1. The van der Waals surface area contributed by atoms with Gasteiger partial charge in [-0.15, -0.1) is 0 Å². The lowest BCUT2D eigenvalue weighted by molar-refractivity contribution is 0.549. The molecule has 1 aromatic heterocycles. The summed E-state index contributed by atoms with van der Waals surface area (Å²) in [5.74, 6) is 1.84. The third kappa shape index (κ3) is 4.56. The fourth-order valence-electron chi connectivity index (χ4n) is 2.85. The Morgan fingerprint density at radius 2 is 1.56 bits per heavy atom. The van der Waals surface area contributed by atoms with Crippen LogP contribution in [0.25, 0.3) is 10.9 Å². The number of anilines is 1. The summed E-state index contributed by atoms with van der Waals surface area (Å²) in [6.07, 6.45) is 3.42. The number of para-hydroxylation sites is 1. The molecular formula is C22H27N3. The van der Waals surface area contributed by atoms with Gasteiger partial charge in [0.1, 0.15) is 11.6 Å². The van der Waals surface area contributed by atoms with Crippen LogP contribution in [0.2, 0.25) is 0 Å². The number of rotatable bonds is 6. The fourth-order valence-corrected chi connectivity index (χ4v) is 2.85. The second-order valence-corrected chi connectivity index (χ2v) is 7.53. The van der Waals surface area contributed by atoms with Gasteiger partial charge in [-0.25, -0.2) is 9.97 Å². The molecule has 1 heterocycles. The van der Waals surface area contributed by atoms with Gasteiger partial charge in [-0.3, -0.25) is 0 Å². The number of unbranched alkanes of at least 4 members (excludes halogenated alkanes) is 1. The summed E-state index contributed by atoms with van der Waals surface area (Å²) in [4.78, 5) is 9.55. The molecule has 3 aromatic rings. The average molecular weight is 333 g/mol. The minimum absolute atomic E-state index is 0.0617. The lowest BCUT2D eigenvalue weighted by Crippen LogP contribution is -2.17. The fraction of sp³-hybridized carbons (Fsp3) is 0.364. The lowest BCUT2D eigenvalue weighted by Gasteiger charge is -2.19. The molecule has 0 saturated carbocycles. The normalized spacial score (nSPS) is 11.6. The van der Waals surface area contributed by atoms with Gasteiger partial charge >= 0.3 is 0 Å². The van der Waals surface area contributed by atoms with Crippen molar-refractivity contribution in [2.45, 2.75) is 45.4 Å². The van der Waals surface area contributed by atoms with E-state index in [1.54, 1.807) is 0 Å². The van der Waals surface area contributed by atoms with Gasteiger partial charge in [-0.1, -0.05) is 63.2 Å². The first kappa shape index (κ1) is 17.4. The van der Waals surface area contributed by atoms with Crippen molar-refractivity contribution in [3.05, 3.63) is 66.0 Å². The molecule has 3 heteroatoms. The largest absolute Gasteiger partial charge is 0.369 e. The molecule has 0 aliphatic carbocycles. The highest BCUT2D eigenvalue weighted by molar-refractivity contribution is 5.89. The van der Waals surface area contributed by atoms with Gasteiger partial charge in [-0.2, -0.15) is 0 Å². The van der Waals surface area contributed by atoms with Gasteiger partial charge in [0.15, 0.2) is 0 Å². The second kappa shape index (κ2) is 7.64. The minimum Gasteiger partial charge on any atom is -0.369 e. The first-order chi connectivity index (χ1) is 12.0. The van der Waals surface area contributed by atoms with E-state index >= 15 is 0 Å². The van der Waals surface area contributed by atoms with Crippen molar-refractivity contribution < 1.29 is 0 Å². The zero-order valence-electron chi connectivity index (χ0n) is 15.4. The van der Waals surface area contributed by atoms with Crippen molar-refractivity contribution in [3.63, 3.8) is 0 Å². The van der Waals surface area contributed by atoms with Crippen molar-refractivity contribution in [1.82, 2.24) is 9.97 Å². The number of hydrogen-bond donors (Lipinski definition) is 1. The molecule has 3 rings (SSSR count). The number of hydrogen-bond acceptors (Lipinski definition) is 3. The molecule has 25 heavy (non-hydrogen) atoms. The molecule has 0 unspecified atom stereocenters. The van der Waals surface area contributed by atoms with Crippen LogP contribution in [-0.2, 0) is 11.8 Å². The van der Waals surface area contributed by atoms with Crippen LogP contribution in [0, 0.1) is 0 Å². The molecular weight excluding hydrogens is 306 g/mol. The molecule has 0 amide bonds. The van der Waals surface area contributed by atoms with Gasteiger partial charge in [0, 0.05) is 17.3 Å². The summed E-state index contributed by atoms with van der Waals surface area (Å²) < 4.78 is 0. The number of nitrogens with zero attached hydrogens (tertiary/aromatic N) is 2. The molecule has 0 fully saturated rings. The summed E-state index contributed by atoms with van der Waals surface area (Å²) in [7, 11) is 0. The highest BCUT2D eigenvalue weighted by Crippen LogP contribution is 2.25. The first-order valence-corrected chi connectivity index (χ1v) is 9.09. The van der Waals surface area contributed by atoms with Crippen LogP contribution in [0.15, 0.2) is 54.6 Å². The highest BCUT2D eigenvalue weighted by Gasteiger charge is 2.19. The molecule has 0 saturated heterocycles. The number of aryl methyl sites for hydroxylation is 1. The Hall–Kier alpha value is -2.42. The van der Waals surface area contributed by atoms with Crippen LogP contribution in [-0.4, -0.2) is 16.5 Å². The monoisotopic (exact) mass is 333 g/mol. The first-order valence-electron chi connectivity index (χ1n) is 9.09. The van der Waals surface area contributed by atoms with Crippen LogP contribution < -0.4 is 5.32 Å². The van der Waals surface area contributed by atoms with E-state index in [-0.39, 0.29) is 5.41 Å². The van der Waals surface area contributed by atoms with Gasteiger partial charge < -0.3 is 5.32 Å². The number of aromatic nitrogens is 2. The molecule has 130 valence electrons. The van der Waals surface area contributed by atoms with E-state index in [2.05, 4.69) is 68.6 Å². The zero-order chi connectivity index (χ0) is 17.7. The summed E-state index contributed by atoms with van der Waals surface area (Å²) in [5.41, 5.74) is 2.35. The van der Waals surface area contributed by atoms with E-state index in [1.807, 2.05) is 12.1 Å². The number of benzene rings is 2. The predicted octanol–water partition coefficient (Wildman–Crippen LogP) is 5.36. The van der Waals surface area contributed by atoms with E-state index in [0.717, 1.165) is 41.9 Å². The van der Waals surface area contributed by atoms with E-state index in [4.69, 9.17) is 9.97 Å². The summed E-state index contributed by atoms with van der Waals surface area (Å²) in [6, 6.07) is 18.9. The maximum atomic E-state index is 4.81. The molecule has 0 radical (unpaired) electrons. The molecule has 0 aliphatic rings. The molecule has 1 N–H and O–H groups in total. The molecule has 0 bridgehead atoms. The zero-order valence-corrected chi connectivity index (χ0v) is 15.4. The Morgan fingerprint density at radius 1 is 0.840 bits per heavy atom. The van der Waals surface area contributed by atoms with Crippen molar-refractivity contribution >= 4 is 16.7 Å². The van der Waals surface area contributed by atoms with Crippen molar-refractivity contribution in [2.75, 3.05) is 11.9 Å². The lowest BCUT2D eigenvalue weighted by atomic mass is 9.95. The average Bonchev–Trinajstić information content (AvgIpc) is 2.61. The molecule has 0 atom stereocenters. The van der Waals surface area contributed by atoms with Gasteiger partial charge in [0.05, 0.1) is 5.52 Å². The molecule has 0 spiro atoms. The van der Waals surface area contributed by atoms with Crippen molar-refractivity contribution in [3.8, 4) is 0 Å². The molecule has 0 aliphatic heterocycles. The van der Waals surface area contributed by atoms with E-state index < -0.39 is 0 Å². The minimum atomic E-state index is -0.0617. The summed E-state index contributed by atoms with van der Waals surface area (Å²) in [5, 5.41) is 4.63. The number of fused-ring (bicyclic) bond motifs is 1. The third-order valence-electron chi connectivity index (χ3n) is 4.30. The van der Waals surface area contributed by atoms with Crippen LogP contribution >= 0.6 is 0 Å². The highest BCUT2D eigenvalue weighted by atomic mass is 15.0. The van der Waals surface area contributed by atoms with E-state index in [1.165, 1.54) is 12.0 Å². The van der Waals surface area contributed by atoms with Gasteiger partial charge in [-0.05, 0) is 37.0 Å². The van der Waals surface area contributed by atoms with Crippen molar-refractivity contribution in [1.29, 1.82) is 0 Å². The van der Waals surface area contributed by atoms with Crippen LogP contribution in [0.5, 0.6) is 0 Å². The van der Waals surface area contributed by atoms with Gasteiger partial charge in [0.25, 0.3) is 0 Å². The van der Waals surface area contributed by atoms with E-state index in [9.17, 15) is 0 Å². The van der Waals surface area contributed by atoms with Crippen LogP contribution in [0.3, 0.4) is 0 Å². The Morgan fingerprint density at radius 3 is 2.32 bits per heavy atom. The maximum absolute atomic E-state index is 4.81. The Kier molecular flexibility index (Phi) is 5.32. The Labute approximate surface area is 150 Å². The van der Waals surface area contributed by atoms with Crippen LogP contribution in [0.4, 0.5) is 5.82 Å². The van der Waals surface area contributed by atoms with Crippen molar-refractivity contribution in [2.24, 2.45) is 0 Å². The predicted molar refractivity (Wildman–Crippen MR) is 106 cm³/mol. The number of nitrogens with one attached hydrogen (secondary N) is 1. The topological polar surface area (TPSA) is 37.8 Å². The third-order valence-corrected chi connectivity index (χ3v) is 4.30. The van der Waals surface area contributed by atoms with E-state index in [0.29, 0.717) is 0 Å². The van der Waals surface area contributed by atoms with Crippen LogP contribution in [0.1, 0.15) is 45.0 Å². The quantitative estimate of drug-likeness (QED) is 0.617. The standard InChI is InChI=1S/C22H27N3/c1-22(2,3)21-24-19-15-8-7-14-18(19)20(25-21)23-16-10-9-13-17-11-5-4-6-12-17/h4-8,11-12,14-15H,9-10,13,16H2,1-3H3,(H,23,24,25). The Balaban J connectivity index is 1.66. The summed E-state index contributed by atoms with van der Waals surface area (Å²) in [6.45, 7) is 7.39.